The number of aromatic amines is 1. The van der Waals surface area contributed by atoms with Gasteiger partial charge in [0.25, 0.3) is 0 Å². The summed E-state index contributed by atoms with van der Waals surface area (Å²) in [5.74, 6) is 3.57. The highest BCUT2D eigenvalue weighted by Crippen LogP contribution is 2.33. The normalized spacial score (nSPS) is 16.7. The summed E-state index contributed by atoms with van der Waals surface area (Å²) in [6, 6.07) is 4.00. The van der Waals surface area contributed by atoms with Crippen LogP contribution in [0.1, 0.15) is 42.6 Å². The van der Waals surface area contributed by atoms with Crippen LogP contribution in [0.3, 0.4) is 0 Å². The molecule has 1 aliphatic carbocycles. The van der Waals surface area contributed by atoms with Crippen molar-refractivity contribution in [3.05, 3.63) is 29.1 Å². The summed E-state index contributed by atoms with van der Waals surface area (Å²) in [5, 5.41) is 7.98. The van der Waals surface area contributed by atoms with E-state index in [1.54, 1.807) is 14.2 Å². The second-order valence-electron chi connectivity index (χ2n) is 7.75. The van der Waals surface area contributed by atoms with Crippen LogP contribution in [-0.4, -0.2) is 52.5 Å². The molecule has 4 rings (SSSR count). The first-order valence-electron chi connectivity index (χ1n) is 10.2. The van der Waals surface area contributed by atoms with E-state index in [2.05, 4.69) is 15.2 Å². The molecule has 1 aromatic carbocycles. The van der Waals surface area contributed by atoms with E-state index in [0.29, 0.717) is 29.7 Å². The largest absolute Gasteiger partial charge is 0.493 e. The lowest BCUT2D eigenvalue weighted by atomic mass is 9.99. The van der Waals surface area contributed by atoms with Gasteiger partial charge in [0, 0.05) is 19.5 Å². The number of ether oxygens (including phenoxy) is 2. The average molecular weight is 417 g/mol. The number of fused-ring (bicyclic) bond motifs is 1. The number of thioether (sulfide) groups is 1. The summed E-state index contributed by atoms with van der Waals surface area (Å²) in [5.41, 5.74) is 2.33. The van der Waals surface area contributed by atoms with Crippen molar-refractivity contribution in [1.82, 2.24) is 20.1 Å². The van der Waals surface area contributed by atoms with Crippen LogP contribution in [0.2, 0.25) is 0 Å². The fraction of sp³-hybridized carbons (Fsp3) is 0.571. The Kier molecular flexibility index (Phi) is 6.28. The molecule has 8 heteroatoms. The van der Waals surface area contributed by atoms with Gasteiger partial charge in [-0.05, 0) is 35.6 Å². The molecule has 0 spiro atoms. The first kappa shape index (κ1) is 20.1. The number of hydrogen-bond donors (Lipinski definition) is 1. The molecule has 156 valence electrons. The van der Waals surface area contributed by atoms with Gasteiger partial charge in [-0.25, -0.2) is 4.98 Å². The number of carbonyl (C=O) groups is 1. The van der Waals surface area contributed by atoms with E-state index in [4.69, 9.17) is 9.47 Å². The van der Waals surface area contributed by atoms with E-state index in [1.165, 1.54) is 43.0 Å². The van der Waals surface area contributed by atoms with Gasteiger partial charge < -0.3 is 14.4 Å². The third-order valence-corrected chi connectivity index (χ3v) is 6.70. The number of carbonyl (C=O) groups excluding carboxylic acids is 1. The summed E-state index contributed by atoms with van der Waals surface area (Å²) in [6.07, 6.45) is 7.01. The summed E-state index contributed by atoms with van der Waals surface area (Å²) < 4.78 is 10.8. The van der Waals surface area contributed by atoms with E-state index in [0.717, 1.165) is 35.9 Å². The van der Waals surface area contributed by atoms with Gasteiger partial charge in [0.05, 0.1) is 20.0 Å². The molecule has 2 heterocycles. The first-order chi connectivity index (χ1) is 14.2. The Hall–Kier alpha value is -2.22. The average Bonchev–Trinajstić information content (AvgIpc) is 3.43. The van der Waals surface area contributed by atoms with Gasteiger partial charge in [-0.1, -0.05) is 37.4 Å². The predicted molar refractivity (Wildman–Crippen MR) is 111 cm³/mol. The molecule has 1 aliphatic heterocycles. The van der Waals surface area contributed by atoms with E-state index < -0.39 is 0 Å². The van der Waals surface area contributed by atoms with Crippen LogP contribution in [0.25, 0.3) is 0 Å². The summed E-state index contributed by atoms with van der Waals surface area (Å²) in [7, 11) is 3.27. The fourth-order valence-corrected chi connectivity index (χ4v) is 4.96. The molecule has 7 nitrogen and oxygen atoms in total. The topological polar surface area (TPSA) is 80.3 Å². The van der Waals surface area contributed by atoms with Crippen molar-refractivity contribution in [3.63, 3.8) is 0 Å². The van der Waals surface area contributed by atoms with Gasteiger partial charge in [0.15, 0.2) is 11.5 Å². The van der Waals surface area contributed by atoms with Crippen LogP contribution >= 0.6 is 11.8 Å². The number of benzene rings is 1. The molecule has 0 radical (unpaired) electrons. The maximum Gasteiger partial charge on any atom is 0.233 e. The molecule has 0 saturated heterocycles. The highest BCUT2D eigenvalue weighted by atomic mass is 32.2. The van der Waals surface area contributed by atoms with Gasteiger partial charge >= 0.3 is 0 Å². The molecule has 29 heavy (non-hydrogen) atoms. The van der Waals surface area contributed by atoms with Gasteiger partial charge in [-0.3, -0.25) is 9.89 Å². The van der Waals surface area contributed by atoms with Gasteiger partial charge in [0.2, 0.25) is 11.1 Å². The quantitative estimate of drug-likeness (QED) is 0.698. The minimum absolute atomic E-state index is 0.109. The number of nitrogens with one attached hydrogen (secondary N) is 1. The number of H-pyrrole nitrogens is 1. The van der Waals surface area contributed by atoms with Crippen LogP contribution in [0.4, 0.5) is 0 Å². The Labute approximate surface area is 175 Å². The van der Waals surface area contributed by atoms with E-state index in [1.807, 2.05) is 17.0 Å². The van der Waals surface area contributed by atoms with Crippen molar-refractivity contribution >= 4 is 17.7 Å². The van der Waals surface area contributed by atoms with Crippen molar-refractivity contribution < 1.29 is 14.3 Å². The number of methoxy groups -OCH3 is 2. The zero-order valence-corrected chi connectivity index (χ0v) is 17.9. The molecule has 1 fully saturated rings. The van der Waals surface area contributed by atoms with Crippen molar-refractivity contribution in [3.8, 4) is 11.5 Å². The van der Waals surface area contributed by atoms with Crippen LogP contribution < -0.4 is 9.47 Å². The zero-order valence-electron chi connectivity index (χ0n) is 17.1. The van der Waals surface area contributed by atoms with Gasteiger partial charge in [0.1, 0.15) is 5.82 Å². The van der Waals surface area contributed by atoms with Gasteiger partial charge in [-0.2, -0.15) is 0 Å². The molecule has 1 N–H and O–H groups in total. The van der Waals surface area contributed by atoms with Crippen LogP contribution in [0.15, 0.2) is 17.3 Å². The second kappa shape index (κ2) is 9.07. The minimum atomic E-state index is 0.109. The number of rotatable bonds is 7. The SMILES string of the molecule is COc1cc2c(cc1OC)CN(C(=O)CSc1n[nH]c(CC3CCCC3)n1)CC2. The zero-order chi connectivity index (χ0) is 20.2. The molecular weight excluding hydrogens is 388 g/mol. The Morgan fingerprint density at radius 3 is 2.66 bits per heavy atom. The second-order valence-corrected chi connectivity index (χ2v) is 8.69. The van der Waals surface area contributed by atoms with Crippen molar-refractivity contribution in [1.29, 1.82) is 0 Å². The predicted octanol–water partition coefficient (Wildman–Crippen LogP) is 3.23. The van der Waals surface area contributed by atoms with Crippen molar-refractivity contribution in [2.24, 2.45) is 5.92 Å². The standard InChI is InChI=1S/C21H28N4O3S/c1-27-17-10-15-7-8-25(12-16(15)11-18(17)28-2)20(26)13-29-21-22-19(23-24-21)9-14-5-3-4-6-14/h10-11,14H,3-9,12-13H2,1-2H3,(H,22,23,24). The lowest BCUT2D eigenvalue weighted by Crippen LogP contribution is -2.37. The summed E-state index contributed by atoms with van der Waals surface area (Å²) in [6.45, 7) is 1.30. The number of aromatic nitrogens is 3. The molecule has 0 bridgehead atoms. The molecule has 1 saturated carbocycles. The Morgan fingerprint density at radius 2 is 1.93 bits per heavy atom. The number of nitrogens with zero attached hydrogens (tertiary/aromatic N) is 3. The van der Waals surface area contributed by atoms with E-state index in [9.17, 15) is 4.79 Å². The molecule has 1 aromatic heterocycles. The van der Waals surface area contributed by atoms with E-state index >= 15 is 0 Å². The summed E-state index contributed by atoms with van der Waals surface area (Å²) >= 11 is 1.41. The molecule has 2 aliphatic rings. The highest BCUT2D eigenvalue weighted by Gasteiger charge is 2.23. The molecule has 1 amide bonds. The molecular formula is C21H28N4O3S. The molecule has 0 unspecified atom stereocenters. The third-order valence-electron chi connectivity index (χ3n) is 5.86. The lowest BCUT2D eigenvalue weighted by Gasteiger charge is -2.29. The smallest absolute Gasteiger partial charge is 0.233 e. The van der Waals surface area contributed by atoms with E-state index in [-0.39, 0.29) is 5.91 Å². The Balaban J connectivity index is 1.32. The lowest BCUT2D eigenvalue weighted by molar-refractivity contribution is -0.129. The summed E-state index contributed by atoms with van der Waals surface area (Å²) in [4.78, 5) is 19.2. The third kappa shape index (κ3) is 4.69. The highest BCUT2D eigenvalue weighted by molar-refractivity contribution is 7.99. The van der Waals surface area contributed by atoms with Crippen LogP contribution in [0.5, 0.6) is 11.5 Å². The van der Waals surface area contributed by atoms with Crippen LogP contribution in [0, 0.1) is 5.92 Å². The number of amides is 1. The Morgan fingerprint density at radius 1 is 1.21 bits per heavy atom. The monoisotopic (exact) mass is 416 g/mol. The Bertz CT molecular complexity index is 864. The molecule has 2 aromatic rings. The fourth-order valence-electron chi connectivity index (χ4n) is 4.24. The maximum atomic E-state index is 12.7. The molecule has 0 atom stereocenters. The first-order valence-corrected chi connectivity index (χ1v) is 11.2. The van der Waals surface area contributed by atoms with Crippen molar-refractivity contribution in [2.75, 3.05) is 26.5 Å². The van der Waals surface area contributed by atoms with Crippen molar-refractivity contribution in [2.45, 2.75) is 50.2 Å². The maximum absolute atomic E-state index is 12.7. The number of hydrogen-bond acceptors (Lipinski definition) is 6. The van der Waals surface area contributed by atoms with Crippen LogP contribution in [-0.2, 0) is 24.2 Å². The minimum Gasteiger partial charge on any atom is -0.493 e. The van der Waals surface area contributed by atoms with Gasteiger partial charge in [-0.15, -0.1) is 5.10 Å².